The minimum atomic E-state index is -0.497. The van der Waals surface area contributed by atoms with Crippen molar-refractivity contribution in [3.05, 3.63) is 54.1 Å². The molecule has 2 fully saturated rings. The van der Waals surface area contributed by atoms with E-state index in [1.807, 2.05) is 48.5 Å². The van der Waals surface area contributed by atoms with Crippen LogP contribution in [0, 0.1) is 11.8 Å². The molecule has 2 aromatic carbocycles. The van der Waals surface area contributed by atoms with Gasteiger partial charge >= 0.3 is 0 Å². The lowest BCUT2D eigenvalue weighted by molar-refractivity contribution is -0.122. The van der Waals surface area contributed by atoms with Crippen molar-refractivity contribution in [1.82, 2.24) is 4.90 Å². The number of nitrogens with two attached hydrogens (primary N) is 1. The van der Waals surface area contributed by atoms with Crippen molar-refractivity contribution in [3.63, 3.8) is 0 Å². The molecule has 2 N–H and O–H groups in total. The smallest absolute Gasteiger partial charge is 0.255 e. The summed E-state index contributed by atoms with van der Waals surface area (Å²) in [7, 11) is 1.62. The van der Waals surface area contributed by atoms with E-state index >= 15 is 0 Å². The number of benzene rings is 2. The molecule has 0 bridgehead atoms. The molecule has 0 spiro atoms. The highest BCUT2D eigenvalue weighted by molar-refractivity contribution is 6.03. The molecule has 140 valence electrons. The number of ether oxygens (including phenoxy) is 1. The molecule has 3 atom stereocenters. The number of amides is 2. The van der Waals surface area contributed by atoms with Crippen molar-refractivity contribution < 1.29 is 14.3 Å². The largest absolute Gasteiger partial charge is 0.497 e. The Morgan fingerprint density at radius 1 is 1.11 bits per heavy atom. The molecule has 0 aromatic heterocycles. The molecule has 5 heteroatoms. The molecule has 2 amide bonds. The quantitative estimate of drug-likeness (QED) is 0.906. The molecule has 1 saturated heterocycles. The number of carbonyl (C=O) groups excluding carboxylic acids is 2. The number of fused-ring (bicyclic) bond motifs is 1. The van der Waals surface area contributed by atoms with E-state index < -0.39 is 11.9 Å². The van der Waals surface area contributed by atoms with Crippen LogP contribution in [0.2, 0.25) is 0 Å². The van der Waals surface area contributed by atoms with Crippen LogP contribution in [0.1, 0.15) is 29.6 Å². The molecular weight excluding hydrogens is 340 g/mol. The SMILES string of the molecule is COc1cccc(-c2ccccc2C(=O)N2CC3CCCC3C2C(N)=O)c1. The maximum atomic E-state index is 13.4. The Labute approximate surface area is 159 Å². The third-order valence-corrected chi connectivity index (χ3v) is 5.98. The molecule has 4 rings (SSSR count). The molecule has 5 nitrogen and oxygen atoms in total. The summed E-state index contributed by atoms with van der Waals surface area (Å²) in [5.74, 6) is 0.814. The normalized spacial score (nSPS) is 23.9. The fourth-order valence-electron chi connectivity index (χ4n) is 4.75. The van der Waals surface area contributed by atoms with Gasteiger partial charge in [0.2, 0.25) is 5.91 Å². The van der Waals surface area contributed by atoms with Gasteiger partial charge in [-0.3, -0.25) is 9.59 Å². The summed E-state index contributed by atoms with van der Waals surface area (Å²) in [5, 5.41) is 0. The van der Waals surface area contributed by atoms with Gasteiger partial charge in [0.05, 0.1) is 7.11 Å². The summed E-state index contributed by atoms with van der Waals surface area (Å²) in [6.45, 7) is 0.615. The standard InChI is InChI=1S/C22H24N2O3/c1-27-16-8-4-6-14(12-16)17-9-2-3-10-19(17)22(26)24-13-15-7-5-11-18(15)20(24)21(23)25/h2-4,6,8-10,12,15,18,20H,5,7,11,13H2,1H3,(H2,23,25). The van der Waals surface area contributed by atoms with E-state index in [0.29, 0.717) is 18.0 Å². The van der Waals surface area contributed by atoms with Crippen molar-refractivity contribution in [2.24, 2.45) is 17.6 Å². The van der Waals surface area contributed by atoms with Gasteiger partial charge in [-0.05, 0) is 54.0 Å². The second-order valence-electron chi connectivity index (χ2n) is 7.44. The molecule has 1 saturated carbocycles. The zero-order valence-electron chi connectivity index (χ0n) is 15.4. The number of rotatable bonds is 4. The molecule has 27 heavy (non-hydrogen) atoms. The van der Waals surface area contributed by atoms with Crippen LogP contribution < -0.4 is 10.5 Å². The molecule has 1 heterocycles. The predicted octanol–water partition coefficient (Wildman–Crippen LogP) is 3.09. The Morgan fingerprint density at radius 2 is 1.93 bits per heavy atom. The predicted molar refractivity (Wildman–Crippen MR) is 103 cm³/mol. The van der Waals surface area contributed by atoms with Gasteiger partial charge in [-0.2, -0.15) is 0 Å². The summed E-state index contributed by atoms with van der Waals surface area (Å²) in [4.78, 5) is 27.3. The van der Waals surface area contributed by atoms with Gasteiger partial charge in [0.1, 0.15) is 11.8 Å². The fraction of sp³-hybridized carbons (Fsp3) is 0.364. The zero-order chi connectivity index (χ0) is 19.0. The van der Waals surface area contributed by atoms with Crippen LogP contribution in [0.25, 0.3) is 11.1 Å². The van der Waals surface area contributed by atoms with Crippen LogP contribution in [0.5, 0.6) is 5.75 Å². The van der Waals surface area contributed by atoms with Gasteiger partial charge < -0.3 is 15.4 Å². The van der Waals surface area contributed by atoms with Crippen LogP contribution in [-0.4, -0.2) is 36.4 Å². The highest BCUT2D eigenvalue weighted by atomic mass is 16.5. The number of carbonyl (C=O) groups is 2. The second kappa shape index (κ2) is 7.06. The third kappa shape index (κ3) is 3.07. The molecule has 2 aliphatic rings. The van der Waals surface area contributed by atoms with Gasteiger partial charge in [0, 0.05) is 12.1 Å². The Hall–Kier alpha value is -2.82. The van der Waals surface area contributed by atoms with Gasteiger partial charge in [-0.1, -0.05) is 36.8 Å². The Kier molecular flexibility index (Phi) is 4.60. The molecule has 3 unspecified atom stereocenters. The monoisotopic (exact) mass is 364 g/mol. The number of hydrogen-bond donors (Lipinski definition) is 1. The summed E-state index contributed by atoms with van der Waals surface area (Å²) in [5.41, 5.74) is 8.04. The van der Waals surface area contributed by atoms with E-state index in [-0.39, 0.29) is 11.8 Å². The Bertz CT molecular complexity index is 879. The first-order chi connectivity index (χ1) is 13.1. The number of likely N-dealkylation sites (tertiary alicyclic amines) is 1. The number of methoxy groups -OCH3 is 1. The van der Waals surface area contributed by atoms with Gasteiger partial charge in [-0.25, -0.2) is 0 Å². The lowest BCUT2D eigenvalue weighted by Gasteiger charge is -2.26. The first-order valence-corrected chi connectivity index (χ1v) is 9.44. The van der Waals surface area contributed by atoms with E-state index in [0.717, 1.165) is 36.1 Å². The molecule has 0 radical (unpaired) electrons. The minimum Gasteiger partial charge on any atom is -0.497 e. The molecule has 2 aromatic rings. The van der Waals surface area contributed by atoms with Gasteiger partial charge in [-0.15, -0.1) is 0 Å². The average molecular weight is 364 g/mol. The van der Waals surface area contributed by atoms with Crippen molar-refractivity contribution >= 4 is 11.8 Å². The fourth-order valence-corrected chi connectivity index (χ4v) is 4.75. The van der Waals surface area contributed by atoms with Crippen LogP contribution in [0.4, 0.5) is 0 Å². The van der Waals surface area contributed by atoms with Crippen molar-refractivity contribution in [3.8, 4) is 16.9 Å². The first-order valence-electron chi connectivity index (χ1n) is 9.44. The topological polar surface area (TPSA) is 72.6 Å². The van der Waals surface area contributed by atoms with Gasteiger partial charge in [0.25, 0.3) is 5.91 Å². The summed E-state index contributed by atoms with van der Waals surface area (Å²) in [6, 6.07) is 14.7. The van der Waals surface area contributed by atoms with E-state index in [1.165, 1.54) is 0 Å². The van der Waals surface area contributed by atoms with E-state index in [1.54, 1.807) is 12.0 Å². The lowest BCUT2D eigenvalue weighted by Crippen LogP contribution is -2.46. The van der Waals surface area contributed by atoms with Crippen LogP contribution in [0.3, 0.4) is 0 Å². The number of primary amides is 1. The summed E-state index contributed by atoms with van der Waals surface area (Å²) in [6.07, 6.45) is 3.15. The number of hydrogen-bond acceptors (Lipinski definition) is 3. The van der Waals surface area contributed by atoms with E-state index in [4.69, 9.17) is 10.5 Å². The Balaban J connectivity index is 1.71. The van der Waals surface area contributed by atoms with E-state index in [2.05, 4.69) is 0 Å². The molecular formula is C22H24N2O3. The number of nitrogens with zero attached hydrogens (tertiary/aromatic N) is 1. The maximum absolute atomic E-state index is 13.4. The zero-order valence-corrected chi connectivity index (χ0v) is 15.4. The molecule has 1 aliphatic heterocycles. The van der Waals surface area contributed by atoms with Crippen LogP contribution >= 0.6 is 0 Å². The maximum Gasteiger partial charge on any atom is 0.255 e. The van der Waals surface area contributed by atoms with Crippen LogP contribution in [0.15, 0.2) is 48.5 Å². The average Bonchev–Trinajstić information content (AvgIpc) is 3.28. The summed E-state index contributed by atoms with van der Waals surface area (Å²) >= 11 is 0. The molecule has 1 aliphatic carbocycles. The van der Waals surface area contributed by atoms with Crippen molar-refractivity contribution in [2.45, 2.75) is 25.3 Å². The highest BCUT2D eigenvalue weighted by Gasteiger charge is 2.48. The Morgan fingerprint density at radius 3 is 2.70 bits per heavy atom. The first kappa shape index (κ1) is 17.6. The van der Waals surface area contributed by atoms with Gasteiger partial charge in [0.15, 0.2) is 0 Å². The van der Waals surface area contributed by atoms with Crippen LogP contribution in [-0.2, 0) is 4.79 Å². The third-order valence-electron chi connectivity index (χ3n) is 5.98. The second-order valence-corrected chi connectivity index (χ2v) is 7.44. The lowest BCUT2D eigenvalue weighted by atomic mass is 9.93. The summed E-state index contributed by atoms with van der Waals surface area (Å²) < 4.78 is 5.32. The highest BCUT2D eigenvalue weighted by Crippen LogP contribution is 2.43. The van der Waals surface area contributed by atoms with E-state index in [9.17, 15) is 9.59 Å². The minimum absolute atomic E-state index is 0.119. The van der Waals surface area contributed by atoms with Crippen molar-refractivity contribution in [2.75, 3.05) is 13.7 Å². The van der Waals surface area contributed by atoms with Crippen molar-refractivity contribution in [1.29, 1.82) is 0 Å².